The molecule has 23 heteroatoms. The molecule has 4 aliphatic heterocycles. The van der Waals surface area contributed by atoms with Gasteiger partial charge in [-0.05, 0) is 57.4 Å². The number of sulfonamides is 1. The van der Waals surface area contributed by atoms with Crippen LogP contribution in [0.2, 0.25) is 0 Å². The molecule has 0 bridgehead atoms. The van der Waals surface area contributed by atoms with E-state index >= 15 is 17.6 Å². The summed E-state index contributed by atoms with van der Waals surface area (Å²) in [6.07, 6.45) is 2.22. The Labute approximate surface area is 372 Å². The van der Waals surface area contributed by atoms with Gasteiger partial charge < -0.3 is 24.8 Å². The first-order chi connectivity index (χ1) is 30.6. The maximum atomic E-state index is 15.8. The lowest BCUT2D eigenvalue weighted by atomic mass is 9.89. The van der Waals surface area contributed by atoms with Crippen molar-refractivity contribution in [2.75, 3.05) is 32.4 Å². The molecule has 4 aromatic rings. The standard InChI is InChI=1S/C42H39F10N7O2.CH5NO2S/c1-21-7-26(36-29(47)11-24(44)12-30(36)48)38(54-16-21)40(4)15-34(57-61-40)59-18-32(42(51,52)20-59)55-39(2,3)14-22-8-25(35-27(45)9-23(43)10-28(35)46)37(53-17-22)31-13-33(56-60-31)58-6-5-41(49,50)19-58;1-5(2,3)4/h7-12,16-17,31-32,55H,5-6,13-15,18-20H2,1-4H3;1H3,(H2,2,3,4)/t31-,32+,40?;/m0./s1. The third-order valence-electron chi connectivity index (χ3n) is 11.3. The highest BCUT2D eigenvalue weighted by Crippen LogP contribution is 2.43. The van der Waals surface area contributed by atoms with Crippen molar-refractivity contribution in [3.8, 4) is 22.3 Å². The fraction of sp³-hybridized carbons (Fsp3) is 0.442. The van der Waals surface area contributed by atoms with Crippen LogP contribution in [-0.2, 0) is 31.7 Å². The van der Waals surface area contributed by atoms with Gasteiger partial charge >= 0.3 is 0 Å². The zero-order valence-electron chi connectivity index (χ0n) is 36.0. The number of aromatic nitrogens is 2. The molecular formula is C43H44F10N8O4S. The molecule has 0 aliphatic carbocycles. The smallest absolute Gasteiger partial charge is 0.281 e. The Kier molecular flexibility index (Phi) is 12.9. The molecule has 0 amide bonds. The second kappa shape index (κ2) is 17.6. The van der Waals surface area contributed by atoms with E-state index in [0.717, 1.165) is 6.26 Å². The van der Waals surface area contributed by atoms with E-state index in [1.165, 1.54) is 34.3 Å². The van der Waals surface area contributed by atoms with Gasteiger partial charge in [0.2, 0.25) is 10.0 Å². The van der Waals surface area contributed by atoms with Crippen LogP contribution in [0.15, 0.2) is 59.1 Å². The van der Waals surface area contributed by atoms with Crippen molar-refractivity contribution >= 4 is 21.7 Å². The van der Waals surface area contributed by atoms with Crippen molar-refractivity contribution in [3.05, 3.63) is 106 Å². The van der Waals surface area contributed by atoms with Crippen LogP contribution in [0.1, 0.15) is 68.7 Å². The van der Waals surface area contributed by atoms with Crippen LogP contribution in [0.5, 0.6) is 0 Å². The van der Waals surface area contributed by atoms with E-state index < -0.39 is 104 Å². The quantitative estimate of drug-likeness (QED) is 0.169. The molecule has 0 radical (unpaired) electrons. The molecule has 2 fully saturated rings. The van der Waals surface area contributed by atoms with Gasteiger partial charge in [-0.2, -0.15) is 0 Å². The second-order valence-corrected chi connectivity index (χ2v) is 19.4. The average molecular weight is 959 g/mol. The number of rotatable bonds is 8. The van der Waals surface area contributed by atoms with E-state index in [9.17, 15) is 34.8 Å². The molecule has 8 rings (SSSR count). The van der Waals surface area contributed by atoms with Gasteiger partial charge in [0.1, 0.15) is 46.6 Å². The summed E-state index contributed by atoms with van der Waals surface area (Å²) >= 11 is 0. The average Bonchev–Trinajstić information content (AvgIpc) is 3.96. The fourth-order valence-electron chi connectivity index (χ4n) is 8.49. The summed E-state index contributed by atoms with van der Waals surface area (Å²) in [4.78, 5) is 22.8. The molecule has 0 spiro atoms. The monoisotopic (exact) mass is 958 g/mol. The predicted molar refractivity (Wildman–Crippen MR) is 222 cm³/mol. The highest BCUT2D eigenvalue weighted by Gasteiger charge is 2.53. The summed E-state index contributed by atoms with van der Waals surface area (Å²) in [6, 6.07) is 3.50. The highest BCUT2D eigenvalue weighted by atomic mass is 32.2. The highest BCUT2D eigenvalue weighted by molar-refractivity contribution is 7.88. The van der Waals surface area contributed by atoms with E-state index in [-0.39, 0.29) is 73.0 Å². The zero-order chi connectivity index (χ0) is 48.3. The number of nitrogens with one attached hydrogen (secondary N) is 1. The summed E-state index contributed by atoms with van der Waals surface area (Å²) in [5, 5.41) is 15.4. The van der Waals surface area contributed by atoms with Crippen LogP contribution in [0.3, 0.4) is 0 Å². The first-order valence-corrected chi connectivity index (χ1v) is 22.3. The number of pyridine rings is 2. The third-order valence-corrected chi connectivity index (χ3v) is 11.3. The molecule has 1 unspecified atom stereocenters. The molecule has 356 valence electrons. The molecule has 2 aromatic carbocycles. The minimum atomic E-state index is -3.32. The molecule has 12 nitrogen and oxygen atoms in total. The molecule has 66 heavy (non-hydrogen) atoms. The summed E-state index contributed by atoms with van der Waals surface area (Å²) in [5.74, 6) is -13.0. The summed E-state index contributed by atoms with van der Waals surface area (Å²) < 4.78 is 167. The van der Waals surface area contributed by atoms with Crippen LogP contribution in [0.4, 0.5) is 43.9 Å². The first kappa shape index (κ1) is 48.4. The minimum Gasteiger partial charge on any atom is -0.384 e. The molecule has 4 aliphatic rings. The number of nitrogens with two attached hydrogens (primary N) is 1. The van der Waals surface area contributed by atoms with Crippen LogP contribution in [-0.4, -0.2) is 95.7 Å². The zero-order valence-corrected chi connectivity index (χ0v) is 36.8. The number of amidine groups is 2. The number of nitrogens with zero attached hydrogens (tertiary/aromatic N) is 6. The first-order valence-electron chi connectivity index (χ1n) is 20.3. The number of alkyl halides is 4. The number of oxime groups is 2. The second-order valence-electron chi connectivity index (χ2n) is 17.7. The van der Waals surface area contributed by atoms with Crippen molar-refractivity contribution < 1.29 is 62.0 Å². The van der Waals surface area contributed by atoms with E-state index in [0.29, 0.717) is 35.4 Å². The molecule has 2 saturated heterocycles. The maximum absolute atomic E-state index is 15.8. The molecule has 2 aromatic heterocycles. The Bertz CT molecular complexity index is 2670. The summed E-state index contributed by atoms with van der Waals surface area (Å²) in [5.41, 5.74) is -2.88. The molecular weight excluding hydrogens is 915 g/mol. The largest absolute Gasteiger partial charge is 0.384 e. The van der Waals surface area contributed by atoms with Crippen molar-refractivity contribution in [1.82, 2.24) is 25.1 Å². The van der Waals surface area contributed by atoms with Gasteiger partial charge in [0.25, 0.3) is 11.8 Å². The number of likely N-dealkylation sites (tertiary alicyclic amines) is 2. The van der Waals surface area contributed by atoms with Gasteiger partial charge in [-0.25, -0.2) is 57.5 Å². The Balaban J connectivity index is 0.00000123. The van der Waals surface area contributed by atoms with Crippen LogP contribution in [0.25, 0.3) is 22.3 Å². The van der Waals surface area contributed by atoms with Gasteiger partial charge in [-0.1, -0.05) is 10.3 Å². The number of benzene rings is 2. The van der Waals surface area contributed by atoms with Crippen molar-refractivity contribution in [1.29, 1.82) is 0 Å². The van der Waals surface area contributed by atoms with Crippen molar-refractivity contribution in [2.24, 2.45) is 15.5 Å². The lowest BCUT2D eigenvalue weighted by molar-refractivity contribution is -0.0148. The lowest BCUT2D eigenvalue weighted by Crippen LogP contribution is -2.54. The summed E-state index contributed by atoms with van der Waals surface area (Å²) in [7, 11) is -3.17. The topological polar surface area (TPSA) is 148 Å². The Hall–Kier alpha value is -5.55. The van der Waals surface area contributed by atoms with Gasteiger partial charge in [-0.15, -0.1) is 0 Å². The lowest BCUT2D eigenvalue weighted by Gasteiger charge is -2.32. The van der Waals surface area contributed by atoms with Gasteiger partial charge in [-0.3, -0.25) is 9.97 Å². The van der Waals surface area contributed by atoms with E-state index in [4.69, 9.17) is 9.68 Å². The van der Waals surface area contributed by atoms with Crippen molar-refractivity contribution in [2.45, 2.75) is 88.5 Å². The van der Waals surface area contributed by atoms with E-state index in [1.54, 1.807) is 27.7 Å². The third kappa shape index (κ3) is 10.7. The SMILES string of the molecule is CS(N)(=O)=O.Cc1cnc(C2(C)CC(N3C[C@@H](NC(C)(C)Cc4cnc([C@@H]5CC(N6CCC(F)(F)C6)=NO5)c(-c5c(F)cc(F)cc5F)c4)C(F)(F)C3)=NO2)c(-c2c(F)cc(F)cc2F)c1. The normalized spacial score (nSPS) is 22.4. The predicted octanol–water partition coefficient (Wildman–Crippen LogP) is 7.85. The number of aryl methyl sites for hydroxylation is 1. The number of halogens is 10. The molecule has 3 N–H and O–H groups in total. The van der Waals surface area contributed by atoms with Gasteiger partial charge in [0.15, 0.2) is 11.7 Å². The number of hydrogen-bond donors (Lipinski definition) is 2. The van der Waals surface area contributed by atoms with E-state index in [2.05, 4.69) is 30.7 Å². The van der Waals surface area contributed by atoms with Crippen molar-refractivity contribution in [3.63, 3.8) is 0 Å². The van der Waals surface area contributed by atoms with Gasteiger partial charge in [0.05, 0.1) is 60.7 Å². The van der Waals surface area contributed by atoms with Crippen LogP contribution in [0, 0.1) is 41.8 Å². The molecule has 3 atom stereocenters. The Morgan fingerprint density at radius 3 is 2.00 bits per heavy atom. The minimum absolute atomic E-state index is 0.000923. The molecule has 6 heterocycles. The Morgan fingerprint density at radius 2 is 1.42 bits per heavy atom. The Morgan fingerprint density at radius 1 is 0.833 bits per heavy atom. The maximum Gasteiger partial charge on any atom is 0.281 e. The van der Waals surface area contributed by atoms with Crippen LogP contribution < -0.4 is 10.5 Å². The van der Waals surface area contributed by atoms with Gasteiger partial charge in [0, 0.05) is 72.8 Å². The fourth-order valence-corrected chi connectivity index (χ4v) is 8.49. The number of hydrogen-bond acceptors (Lipinski definition) is 11. The molecule has 0 saturated carbocycles. The summed E-state index contributed by atoms with van der Waals surface area (Å²) in [6.45, 7) is 4.94. The van der Waals surface area contributed by atoms with Crippen LogP contribution >= 0.6 is 0 Å². The van der Waals surface area contributed by atoms with E-state index in [1.807, 2.05) is 0 Å². The number of primary sulfonamides is 1.